The van der Waals surface area contributed by atoms with E-state index >= 15 is 0 Å². The molecule has 0 atom stereocenters. The van der Waals surface area contributed by atoms with E-state index in [0.717, 1.165) is 6.07 Å². The summed E-state index contributed by atoms with van der Waals surface area (Å²) in [5.41, 5.74) is -1.82. The van der Waals surface area contributed by atoms with Gasteiger partial charge in [-0.05, 0) is 31.0 Å². The standard InChI is InChI=1S/C21H22O10/c1-10(2)20(28)30-7-5-12-13(6-8-31-21(29)11(3)4)16(19(26)27)15(18(24)25)9-14(12)17(22)23/h9H,1,3,5-8H2,2,4H3,(H,22,23)(H,24,25)(H,26,27). The van der Waals surface area contributed by atoms with Gasteiger partial charge in [-0.3, -0.25) is 0 Å². The van der Waals surface area contributed by atoms with E-state index in [9.17, 15) is 39.3 Å². The largest absolute Gasteiger partial charge is 0.478 e. The summed E-state index contributed by atoms with van der Waals surface area (Å²) in [5.74, 6) is -6.21. The smallest absolute Gasteiger partial charge is 0.336 e. The summed E-state index contributed by atoms with van der Waals surface area (Å²) in [5, 5.41) is 28.6. The first-order chi connectivity index (χ1) is 14.4. The van der Waals surface area contributed by atoms with Gasteiger partial charge in [0.25, 0.3) is 0 Å². The van der Waals surface area contributed by atoms with Crippen molar-refractivity contribution in [1.29, 1.82) is 0 Å². The van der Waals surface area contributed by atoms with Crippen LogP contribution in [0.5, 0.6) is 0 Å². The zero-order valence-electron chi connectivity index (χ0n) is 17.0. The van der Waals surface area contributed by atoms with Crippen molar-refractivity contribution in [3.8, 4) is 0 Å². The molecule has 0 aliphatic carbocycles. The Balaban J connectivity index is 3.52. The molecule has 0 saturated carbocycles. The van der Waals surface area contributed by atoms with Gasteiger partial charge in [0.1, 0.15) is 0 Å². The molecule has 0 unspecified atom stereocenters. The second kappa shape index (κ2) is 10.7. The summed E-state index contributed by atoms with van der Waals surface area (Å²) >= 11 is 0. The van der Waals surface area contributed by atoms with E-state index in [1.165, 1.54) is 13.8 Å². The Morgan fingerprint density at radius 2 is 1.16 bits per heavy atom. The molecule has 0 spiro atoms. The number of hydrogen-bond acceptors (Lipinski definition) is 7. The fourth-order valence-electron chi connectivity index (χ4n) is 2.68. The lowest BCUT2D eigenvalue weighted by Gasteiger charge is -2.18. The lowest BCUT2D eigenvalue weighted by atomic mass is 9.88. The van der Waals surface area contributed by atoms with E-state index in [-0.39, 0.29) is 48.3 Å². The lowest BCUT2D eigenvalue weighted by molar-refractivity contribution is -0.139. The van der Waals surface area contributed by atoms with Crippen molar-refractivity contribution in [2.75, 3.05) is 13.2 Å². The lowest BCUT2D eigenvalue weighted by Crippen LogP contribution is -2.21. The SMILES string of the molecule is C=C(C)C(=O)OCCc1c(C(=O)O)cc(C(=O)O)c(C(=O)O)c1CCOC(=O)C(=C)C. The van der Waals surface area contributed by atoms with Crippen LogP contribution < -0.4 is 0 Å². The molecule has 0 aliphatic heterocycles. The van der Waals surface area contributed by atoms with Gasteiger partial charge in [0, 0.05) is 24.0 Å². The maximum atomic E-state index is 11.8. The molecule has 31 heavy (non-hydrogen) atoms. The molecule has 0 fully saturated rings. The number of hydrogen-bond donors (Lipinski definition) is 3. The van der Waals surface area contributed by atoms with Crippen molar-refractivity contribution in [3.05, 3.63) is 58.2 Å². The molecule has 0 aromatic heterocycles. The van der Waals surface area contributed by atoms with Crippen molar-refractivity contribution in [2.45, 2.75) is 26.7 Å². The normalized spacial score (nSPS) is 10.1. The van der Waals surface area contributed by atoms with E-state index in [1.807, 2.05) is 0 Å². The fourth-order valence-corrected chi connectivity index (χ4v) is 2.68. The summed E-state index contributed by atoms with van der Waals surface area (Å²) in [6.07, 6.45) is -0.504. The molecule has 0 radical (unpaired) electrons. The Hall–Kier alpha value is -3.95. The predicted octanol–water partition coefficient (Wildman–Crippen LogP) is 2.10. The molecular formula is C21H22O10. The number of carbonyl (C=O) groups is 5. The van der Waals surface area contributed by atoms with Crippen LogP contribution in [-0.2, 0) is 31.9 Å². The van der Waals surface area contributed by atoms with Crippen molar-refractivity contribution < 1.29 is 48.8 Å². The van der Waals surface area contributed by atoms with Crippen molar-refractivity contribution in [1.82, 2.24) is 0 Å². The predicted molar refractivity (Wildman–Crippen MR) is 106 cm³/mol. The molecular weight excluding hydrogens is 412 g/mol. The van der Waals surface area contributed by atoms with E-state index in [2.05, 4.69) is 13.2 Å². The average Bonchev–Trinajstić information content (AvgIpc) is 2.66. The second-order valence-corrected chi connectivity index (χ2v) is 6.55. The van der Waals surface area contributed by atoms with Gasteiger partial charge in [0.15, 0.2) is 0 Å². The highest BCUT2D eigenvalue weighted by atomic mass is 16.5. The van der Waals surface area contributed by atoms with Crippen LogP contribution in [0.1, 0.15) is 56.0 Å². The molecule has 3 N–H and O–H groups in total. The number of benzene rings is 1. The van der Waals surface area contributed by atoms with Crippen LogP contribution in [0.3, 0.4) is 0 Å². The minimum absolute atomic E-state index is 0.0456. The Morgan fingerprint density at radius 1 is 0.742 bits per heavy atom. The maximum absolute atomic E-state index is 11.8. The van der Waals surface area contributed by atoms with Gasteiger partial charge in [-0.1, -0.05) is 13.2 Å². The molecule has 1 aromatic carbocycles. The highest BCUT2D eigenvalue weighted by Gasteiger charge is 2.28. The van der Waals surface area contributed by atoms with E-state index < -0.39 is 46.5 Å². The van der Waals surface area contributed by atoms with Crippen LogP contribution in [0.2, 0.25) is 0 Å². The van der Waals surface area contributed by atoms with Crippen LogP contribution in [0.4, 0.5) is 0 Å². The number of carboxylic acid groups (broad SMARTS) is 3. The van der Waals surface area contributed by atoms with Gasteiger partial charge in [-0.15, -0.1) is 0 Å². The first kappa shape index (κ1) is 25.1. The molecule has 0 heterocycles. The molecule has 1 rings (SSSR count). The number of carboxylic acids is 3. The molecule has 0 bridgehead atoms. The Labute approximate surface area is 177 Å². The van der Waals surface area contributed by atoms with Gasteiger partial charge >= 0.3 is 29.8 Å². The fraction of sp³-hybridized carbons (Fsp3) is 0.286. The van der Waals surface area contributed by atoms with Crippen LogP contribution in [0.25, 0.3) is 0 Å². The first-order valence-corrected chi connectivity index (χ1v) is 8.92. The Bertz CT molecular complexity index is 971. The highest BCUT2D eigenvalue weighted by Crippen LogP contribution is 2.26. The van der Waals surface area contributed by atoms with E-state index in [1.54, 1.807) is 0 Å². The van der Waals surface area contributed by atoms with Gasteiger partial charge in [0.05, 0.1) is 29.9 Å². The maximum Gasteiger partial charge on any atom is 0.336 e. The molecule has 10 heteroatoms. The minimum Gasteiger partial charge on any atom is -0.478 e. The highest BCUT2D eigenvalue weighted by molar-refractivity contribution is 6.05. The van der Waals surface area contributed by atoms with Crippen LogP contribution in [0.15, 0.2) is 30.4 Å². The quantitative estimate of drug-likeness (QED) is 0.347. The minimum atomic E-state index is -1.64. The van der Waals surface area contributed by atoms with Crippen LogP contribution in [-0.4, -0.2) is 58.4 Å². The van der Waals surface area contributed by atoms with Crippen molar-refractivity contribution >= 4 is 29.8 Å². The summed E-state index contributed by atoms with van der Waals surface area (Å²) in [6.45, 7) is 8.98. The molecule has 0 aliphatic rings. The third-order valence-electron chi connectivity index (χ3n) is 4.09. The van der Waals surface area contributed by atoms with Crippen molar-refractivity contribution in [3.63, 3.8) is 0 Å². The number of aromatic carboxylic acids is 3. The number of ether oxygens (including phenoxy) is 2. The first-order valence-electron chi connectivity index (χ1n) is 8.92. The summed E-state index contributed by atoms with van der Waals surface area (Å²) < 4.78 is 9.91. The van der Waals surface area contributed by atoms with E-state index in [4.69, 9.17) is 9.47 Å². The molecule has 1 aromatic rings. The Kier molecular flexibility index (Phi) is 8.67. The number of carbonyl (C=O) groups excluding carboxylic acids is 2. The third kappa shape index (κ3) is 6.53. The van der Waals surface area contributed by atoms with Gasteiger partial charge in [-0.25, -0.2) is 24.0 Å². The number of rotatable bonds is 11. The van der Waals surface area contributed by atoms with Crippen LogP contribution >= 0.6 is 0 Å². The van der Waals surface area contributed by atoms with Gasteiger partial charge in [-0.2, -0.15) is 0 Å². The van der Waals surface area contributed by atoms with Gasteiger partial charge < -0.3 is 24.8 Å². The summed E-state index contributed by atoms with van der Waals surface area (Å²) in [6, 6.07) is 0.743. The second-order valence-electron chi connectivity index (χ2n) is 6.55. The third-order valence-corrected chi connectivity index (χ3v) is 4.09. The average molecular weight is 434 g/mol. The zero-order valence-corrected chi connectivity index (χ0v) is 17.0. The molecule has 166 valence electrons. The molecule has 10 nitrogen and oxygen atoms in total. The Morgan fingerprint density at radius 3 is 1.52 bits per heavy atom. The van der Waals surface area contributed by atoms with Crippen LogP contribution in [0, 0.1) is 0 Å². The topological polar surface area (TPSA) is 164 Å². The summed E-state index contributed by atoms with van der Waals surface area (Å²) in [7, 11) is 0. The summed E-state index contributed by atoms with van der Waals surface area (Å²) in [4.78, 5) is 58.4. The van der Waals surface area contributed by atoms with E-state index in [0.29, 0.717) is 0 Å². The number of esters is 2. The molecule has 0 saturated heterocycles. The zero-order chi connectivity index (χ0) is 23.9. The monoisotopic (exact) mass is 434 g/mol. The molecule has 0 amide bonds. The van der Waals surface area contributed by atoms with Gasteiger partial charge in [0.2, 0.25) is 0 Å². The van der Waals surface area contributed by atoms with Crippen molar-refractivity contribution in [2.24, 2.45) is 0 Å².